The molecule has 0 aliphatic carbocycles. The van der Waals surface area contributed by atoms with Gasteiger partial charge in [0.05, 0.1) is 0 Å². The van der Waals surface area contributed by atoms with E-state index in [4.69, 9.17) is 0 Å². The molecule has 1 aliphatic rings. The second kappa shape index (κ2) is 6.74. The Morgan fingerprint density at radius 1 is 1.19 bits per heavy atom. The van der Waals surface area contributed by atoms with Crippen molar-refractivity contribution in [2.24, 2.45) is 5.92 Å². The lowest BCUT2D eigenvalue weighted by molar-refractivity contribution is -0.134. The van der Waals surface area contributed by atoms with Crippen molar-refractivity contribution in [3.8, 4) is 0 Å². The first-order chi connectivity index (χ1) is 9.97. The summed E-state index contributed by atoms with van der Waals surface area (Å²) in [5.41, 5.74) is 3.64. The lowest BCUT2D eigenvalue weighted by Crippen LogP contribution is -2.42. The van der Waals surface area contributed by atoms with Gasteiger partial charge in [0.2, 0.25) is 11.8 Å². The van der Waals surface area contributed by atoms with E-state index in [0.717, 1.165) is 18.4 Å². The molecule has 1 aromatic carbocycles. The Kier molecular flexibility index (Phi) is 4.99. The summed E-state index contributed by atoms with van der Waals surface area (Å²) in [6, 6.07) is 6.26. The minimum absolute atomic E-state index is 0.0344. The van der Waals surface area contributed by atoms with Crippen LogP contribution >= 0.6 is 0 Å². The van der Waals surface area contributed by atoms with Gasteiger partial charge in [-0.25, -0.2) is 0 Å². The number of nitrogens with zero attached hydrogens (tertiary/aromatic N) is 1. The normalized spacial score (nSPS) is 15.9. The molecule has 0 atom stereocenters. The van der Waals surface area contributed by atoms with Crippen molar-refractivity contribution in [3.05, 3.63) is 34.9 Å². The summed E-state index contributed by atoms with van der Waals surface area (Å²) in [6.07, 6.45) is 1.52. The molecule has 114 valence electrons. The second-order valence-corrected chi connectivity index (χ2v) is 5.92. The topological polar surface area (TPSA) is 49.4 Å². The van der Waals surface area contributed by atoms with Crippen LogP contribution in [0.25, 0.3) is 0 Å². The molecule has 2 rings (SSSR count). The van der Waals surface area contributed by atoms with E-state index in [2.05, 4.69) is 37.4 Å². The molecule has 1 aromatic rings. The average Bonchev–Trinajstić information content (AvgIpc) is 2.48. The van der Waals surface area contributed by atoms with Crippen LogP contribution in [-0.2, 0) is 16.1 Å². The van der Waals surface area contributed by atoms with Crippen LogP contribution in [0.1, 0.15) is 36.5 Å². The maximum Gasteiger partial charge on any atom is 0.223 e. The van der Waals surface area contributed by atoms with Crippen molar-refractivity contribution in [1.29, 1.82) is 0 Å². The van der Waals surface area contributed by atoms with Crippen LogP contribution in [0.3, 0.4) is 0 Å². The summed E-state index contributed by atoms with van der Waals surface area (Å²) < 4.78 is 0. The van der Waals surface area contributed by atoms with E-state index in [1.54, 1.807) is 6.92 Å². The third-order valence-corrected chi connectivity index (χ3v) is 4.35. The first-order valence-electron chi connectivity index (χ1n) is 7.56. The summed E-state index contributed by atoms with van der Waals surface area (Å²) >= 11 is 0. The van der Waals surface area contributed by atoms with E-state index in [0.29, 0.717) is 19.6 Å². The quantitative estimate of drug-likeness (QED) is 0.927. The Morgan fingerprint density at radius 2 is 1.86 bits per heavy atom. The Morgan fingerprint density at radius 3 is 2.43 bits per heavy atom. The van der Waals surface area contributed by atoms with Gasteiger partial charge in [0, 0.05) is 32.5 Å². The van der Waals surface area contributed by atoms with Gasteiger partial charge in [-0.1, -0.05) is 18.2 Å². The fourth-order valence-corrected chi connectivity index (χ4v) is 2.70. The molecule has 0 bridgehead atoms. The van der Waals surface area contributed by atoms with Gasteiger partial charge in [-0.15, -0.1) is 0 Å². The Balaban J connectivity index is 1.82. The monoisotopic (exact) mass is 288 g/mol. The molecule has 2 amide bonds. The number of benzene rings is 1. The third-order valence-electron chi connectivity index (χ3n) is 4.35. The van der Waals surface area contributed by atoms with Crippen LogP contribution in [0.15, 0.2) is 18.2 Å². The van der Waals surface area contributed by atoms with Crippen molar-refractivity contribution >= 4 is 11.8 Å². The molecule has 0 spiro atoms. The van der Waals surface area contributed by atoms with Gasteiger partial charge in [0.25, 0.3) is 0 Å². The number of hydrogen-bond donors (Lipinski definition) is 1. The molecule has 21 heavy (non-hydrogen) atoms. The van der Waals surface area contributed by atoms with Gasteiger partial charge in [-0.05, 0) is 43.4 Å². The maximum absolute atomic E-state index is 12.2. The molecular formula is C17H24N2O2. The lowest BCUT2D eigenvalue weighted by atomic mass is 9.95. The molecule has 1 aliphatic heterocycles. The smallest absolute Gasteiger partial charge is 0.223 e. The number of likely N-dealkylation sites (tertiary alicyclic amines) is 1. The van der Waals surface area contributed by atoms with Crippen LogP contribution in [0.4, 0.5) is 0 Å². The highest BCUT2D eigenvalue weighted by molar-refractivity contribution is 5.79. The Bertz CT molecular complexity index is 532. The van der Waals surface area contributed by atoms with Gasteiger partial charge in [-0.2, -0.15) is 0 Å². The van der Waals surface area contributed by atoms with E-state index in [9.17, 15) is 9.59 Å². The minimum atomic E-state index is 0.0344. The van der Waals surface area contributed by atoms with Gasteiger partial charge in [0.15, 0.2) is 0 Å². The number of hydrogen-bond acceptors (Lipinski definition) is 2. The van der Waals surface area contributed by atoms with Crippen molar-refractivity contribution in [2.75, 3.05) is 13.1 Å². The molecule has 1 fully saturated rings. The fraction of sp³-hybridized carbons (Fsp3) is 0.529. The Labute approximate surface area is 126 Å². The van der Waals surface area contributed by atoms with Crippen LogP contribution < -0.4 is 5.32 Å². The van der Waals surface area contributed by atoms with Gasteiger partial charge in [-0.3, -0.25) is 9.59 Å². The number of carbonyl (C=O) groups excluding carboxylic acids is 2. The number of amides is 2. The summed E-state index contributed by atoms with van der Waals surface area (Å²) in [7, 11) is 0. The second-order valence-electron chi connectivity index (χ2n) is 5.92. The van der Waals surface area contributed by atoms with Crippen molar-refractivity contribution in [2.45, 2.75) is 40.2 Å². The number of aryl methyl sites for hydroxylation is 2. The van der Waals surface area contributed by atoms with E-state index in [1.807, 2.05) is 4.90 Å². The predicted molar refractivity (Wildman–Crippen MR) is 82.7 cm³/mol. The van der Waals surface area contributed by atoms with E-state index < -0.39 is 0 Å². The molecule has 4 heteroatoms. The number of carbonyl (C=O) groups is 2. The molecule has 0 saturated carbocycles. The number of rotatable bonds is 3. The summed E-state index contributed by atoms with van der Waals surface area (Å²) in [6.45, 7) is 7.71. The van der Waals surface area contributed by atoms with Crippen molar-refractivity contribution in [3.63, 3.8) is 0 Å². The van der Waals surface area contributed by atoms with Crippen LogP contribution in [-0.4, -0.2) is 29.8 Å². The molecule has 0 aromatic heterocycles. The van der Waals surface area contributed by atoms with E-state index >= 15 is 0 Å². The zero-order valence-electron chi connectivity index (χ0n) is 13.1. The van der Waals surface area contributed by atoms with E-state index in [1.165, 1.54) is 11.1 Å². The summed E-state index contributed by atoms with van der Waals surface area (Å²) in [5.74, 6) is 0.243. The molecule has 0 radical (unpaired) electrons. The summed E-state index contributed by atoms with van der Waals surface area (Å²) in [4.78, 5) is 25.3. The lowest BCUT2D eigenvalue weighted by Gasteiger charge is -2.30. The molecule has 1 N–H and O–H groups in total. The molecular weight excluding hydrogens is 264 g/mol. The third kappa shape index (κ3) is 4.06. The first kappa shape index (κ1) is 15.5. The highest BCUT2D eigenvalue weighted by Gasteiger charge is 2.25. The molecule has 0 unspecified atom stereocenters. The van der Waals surface area contributed by atoms with Crippen molar-refractivity contribution in [1.82, 2.24) is 10.2 Å². The van der Waals surface area contributed by atoms with Crippen LogP contribution in [0.5, 0.6) is 0 Å². The minimum Gasteiger partial charge on any atom is -0.352 e. The van der Waals surface area contributed by atoms with Gasteiger partial charge in [0.1, 0.15) is 0 Å². The predicted octanol–water partition coefficient (Wildman–Crippen LogP) is 2.18. The zero-order valence-corrected chi connectivity index (χ0v) is 13.1. The fourth-order valence-electron chi connectivity index (χ4n) is 2.70. The van der Waals surface area contributed by atoms with Crippen molar-refractivity contribution < 1.29 is 9.59 Å². The van der Waals surface area contributed by atoms with Crippen LogP contribution in [0, 0.1) is 19.8 Å². The maximum atomic E-state index is 12.2. The highest BCUT2D eigenvalue weighted by Crippen LogP contribution is 2.17. The van der Waals surface area contributed by atoms with Gasteiger partial charge >= 0.3 is 0 Å². The Hall–Kier alpha value is -1.84. The molecule has 1 saturated heterocycles. The zero-order chi connectivity index (χ0) is 15.4. The average molecular weight is 288 g/mol. The van der Waals surface area contributed by atoms with E-state index in [-0.39, 0.29) is 17.7 Å². The number of piperidine rings is 1. The summed E-state index contributed by atoms with van der Waals surface area (Å²) in [5, 5.41) is 3.02. The SMILES string of the molecule is CC(=O)N1CCC(C(=O)NCc2ccc(C)c(C)c2)CC1. The molecule has 1 heterocycles. The largest absolute Gasteiger partial charge is 0.352 e. The first-order valence-corrected chi connectivity index (χ1v) is 7.56. The van der Waals surface area contributed by atoms with Gasteiger partial charge < -0.3 is 10.2 Å². The highest BCUT2D eigenvalue weighted by atomic mass is 16.2. The molecule has 4 nitrogen and oxygen atoms in total. The standard InChI is InChI=1S/C17H24N2O2/c1-12-4-5-15(10-13(12)2)11-18-17(21)16-6-8-19(9-7-16)14(3)20/h4-5,10,16H,6-9,11H2,1-3H3,(H,18,21). The van der Waals surface area contributed by atoms with Crippen LogP contribution in [0.2, 0.25) is 0 Å². The number of nitrogens with one attached hydrogen (secondary N) is 1.